The van der Waals surface area contributed by atoms with Crippen molar-refractivity contribution in [3.8, 4) is 0 Å². The number of carbonyl (C=O) groups is 1. The molecule has 0 saturated carbocycles. The van der Waals surface area contributed by atoms with Crippen molar-refractivity contribution < 1.29 is 14.3 Å². The van der Waals surface area contributed by atoms with Crippen molar-refractivity contribution in [2.45, 2.75) is 62.4 Å². The third-order valence-electron chi connectivity index (χ3n) is 5.30. The molecule has 164 valence electrons. The van der Waals surface area contributed by atoms with E-state index in [4.69, 9.17) is 9.47 Å². The minimum absolute atomic E-state index is 0.0373. The molecule has 3 atom stereocenters. The normalized spacial score (nSPS) is 19.9. The van der Waals surface area contributed by atoms with E-state index in [1.54, 1.807) is 13.3 Å². The van der Waals surface area contributed by atoms with E-state index in [0.717, 1.165) is 30.6 Å². The smallest absolute Gasteiger partial charge is 0.226 e. The molecule has 0 radical (unpaired) electrons. The Morgan fingerprint density at radius 2 is 2.07 bits per heavy atom. The van der Waals surface area contributed by atoms with Gasteiger partial charge in [0.05, 0.1) is 17.7 Å². The number of benzene rings is 1. The van der Waals surface area contributed by atoms with E-state index in [0.29, 0.717) is 18.5 Å². The maximum Gasteiger partial charge on any atom is 0.226 e. The van der Waals surface area contributed by atoms with Gasteiger partial charge in [-0.25, -0.2) is 0 Å². The lowest BCUT2D eigenvalue weighted by atomic mass is 9.97. The summed E-state index contributed by atoms with van der Waals surface area (Å²) < 4.78 is 13.0. The topological polar surface area (TPSA) is 65.4 Å². The molecule has 1 saturated heterocycles. The van der Waals surface area contributed by atoms with Gasteiger partial charge in [0, 0.05) is 43.2 Å². The number of amides is 1. The number of ether oxygens (including phenoxy) is 2. The first-order valence-electron chi connectivity index (χ1n) is 10.7. The zero-order valence-corrected chi connectivity index (χ0v) is 19.2. The van der Waals surface area contributed by atoms with Crippen LogP contribution < -0.4 is 5.32 Å². The maximum absolute atomic E-state index is 13.1. The minimum atomic E-state index is -0.257. The second kappa shape index (κ2) is 11.0. The number of aromatic nitrogens is 2. The Hall–Kier alpha value is -1.83. The molecule has 1 amide bonds. The number of nitrogens with zero attached hydrogens (tertiary/aromatic N) is 2. The zero-order valence-electron chi connectivity index (χ0n) is 18.3. The second-order valence-corrected chi connectivity index (χ2v) is 9.63. The van der Waals surface area contributed by atoms with E-state index >= 15 is 0 Å². The summed E-state index contributed by atoms with van der Waals surface area (Å²) in [6.07, 6.45) is 3.11. The molecule has 0 aliphatic carbocycles. The standard InChI is InChI=1S/C23H33N3O3S/c1-16(2)30-19-8-6-18(7-9-19)17(3)25-23(27)20-11-15-29-22(20)21-10-12-24-26(21)13-5-14-28-4/h6-10,12,16-17,20,22H,5,11,13-15H2,1-4H3,(H,25,27)/t17-,20+,22+/m1/s1. The minimum Gasteiger partial charge on any atom is -0.385 e. The van der Waals surface area contributed by atoms with Gasteiger partial charge in [-0.3, -0.25) is 9.48 Å². The van der Waals surface area contributed by atoms with Crippen LogP contribution in [0.2, 0.25) is 0 Å². The van der Waals surface area contributed by atoms with Crippen molar-refractivity contribution in [3.63, 3.8) is 0 Å². The molecular formula is C23H33N3O3S. The molecule has 2 aromatic rings. The first-order chi connectivity index (χ1) is 14.5. The van der Waals surface area contributed by atoms with Gasteiger partial charge in [0.25, 0.3) is 0 Å². The summed E-state index contributed by atoms with van der Waals surface area (Å²) in [5.41, 5.74) is 2.07. The van der Waals surface area contributed by atoms with Crippen molar-refractivity contribution in [1.29, 1.82) is 0 Å². The number of nitrogens with one attached hydrogen (secondary N) is 1. The van der Waals surface area contributed by atoms with E-state index in [1.165, 1.54) is 4.90 Å². The SMILES string of the molecule is COCCCn1nccc1[C@H]1OCC[C@@H]1C(=O)N[C@H](C)c1ccc(SC(C)C)cc1. The second-order valence-electron chi connectivity index (χ2n) is 7.98. The van der Waals surface area contributed by atoms with Gasteiger partial charge in [-0.1, -0.05) is 26.0 Å². The highest BCUT2D eigenvalue weighted by Gasteiger charge is 2.37. The Labute approximate surface area is 183 Å². The van der Waals surface area contributed by atoms with Crippen molar-refractivity contribution >= 4 is 17.7 Å². The van der Waals surface area contributed by atoms with E-state index < -0.39 is 0 Å². The summed E-state index contributed by atoms with van der Waals surface area (Å²) in [6.45, 7) is 8.42. The fourth-order valence-electron chi connectivity index (χ4n) is 3.79. The molecule has 1 aromatic heterocycles. The van der Waals surface area contributed by atoms with Crippen LogP contribution in [0.3, 0.4) is 0 Å². The average Bonchev–Trinajstić information content (AvgIpc) is 3.37. The maximum atomic E-state index is 13.1. The van der Waals surface area contributed by atoms with Crippen LogP contribution in [0.1, 0.15) is 57.0 Å². The predicted molar refractivity (Wildman–Crippen MR) is 120 cm³/mol. The van der Waals surface area contributed by atoms with Crippen LogP contribution in [0.25, 0.3) is 0 Å². The molecule has 30 heavy (non-hydrogen) atoms. The van der Waals surface area contributed by atoms with E-state index in [1.807, 2.05) is 29.4 Å². The molecule has 0 spiro atoms. The number of rotatable bonds is 10. The first kappa shape index (κ1) is 22.8. The van der Waals surface area contributed by atoms with Crippen molar-refractivity contribution in [2.75, 3.05) is 20.3 Å². The van der Waals surface area contributed by atoms with Gasteiger partial charge in [0.2, 0.25) is 5.91 Å². The molecule has 7 heteroatoms. The van der Waals surface area contributed by atoms with E-state index in [9.17, 15) is 4.79 Å². The zero-order chi connectivity index (χ0) is 21.5. The van der Waals surface area contributed by atoms with Crippen LogP contribution in [0, 0.1) is 5.92 Å². The lowest BCUT2D eigenvalue weighted by Gasteiger charge is -2.22. The van der Waals surface area contributed by atoms with Crippen molar-refractivity contribution in [1.82, 2.24) is 15.1 Å². The summed E-state index contributed by atoms with van der Waals surface area (Å²) in [5.74, 6) is -0.170. The number of carbonyl (C=O) groups excluding carboxylic acids is 1. The Balaban J connectivity index is 1.62. The van der Waals surface area contributed by atoms with Crippen LogP contribution in [-0.2, 0) is 20.8 Å². The molecule has 1 aromatic carbocycles. The van der Waals surface area contributed by atoms with Gasteiger partial charge in [-0.15, -0.1) is 11.8 Å². The molecule has 1 fully saturated rings. The third-order valence-corrected chi connectivity index (χ3v) is 6.31. The van der Waals surface area contributed by atoms with Gasteiger partial charge in [0.1, 0.15) is 6.10 Å². The Morgan fingerprint density at radius 3 is 2.77 bits per heavy atom. The summed E-state index contributed by atoms with van der Waals surface area (Å²) in [6, 6.07) is 10.4. The van der Waals surface area contributed by atoms with E-state index in [-0.39, 0.29) is 24.0 Å². The first-order valence-corrected chi connectivity index (χ1v) is 11.6. The molecule has 3 rings (SSSR count). The molecule has 0 bridgehead atoms. The van der Waals surface area contributed by atoms with Crippen LogP contribution in [-0.4, -0.2) is 41.3 Å². The van der Waals surface area contributed by atoms with Gasteiger partial charge in [-0.2, -0.15) is 5.10 Å². The molecule has 2 heterocycles. The summed E-state index contributed by atoms with van der Waals surface area (Å²) in [7, 11) is 1.70. The molecule has 6 nitrogen and oxygen atoms in total. The fraction of sp³-hybridized carbons (Fsp3) is 0.565. The largest absolute Gasteiger partial charge is 0.385 e. The molecule has 0 unspecified atom stereocenters. The number of methoxy groups -OCH3 is 1. The Kier molecular flexibility index (Phi) is 8.36. The molecular weight excluding hydrogens is 398 g/mol. The molecule has 1 N–H and O–H groups in total. The Bertz CT molecular complexity index is 806. The summed E-state index contributed by atoms with van der Waals surface area (Å²) in [5, 5.41) is 8.15. The number of hydrogen-bond acceptors (Lipinski definition) is 5. The highest BCUT2D eigenvalue weighted by atomic mass is 32.2. The van der Waals surface area contributed by atoms with Gasteiger partial charge >= 0.3 is 0 Å². The highest BCUT2D eigenvalue weighted by Crippen LogP contribution is 2.35. The summed E-state index contributed by atoms with van der Waals surface area (Å²) in [4.78, 5) is 14.3. The van der Waals surface area contributed by atoms with Crippen LogP contribution in [0.5, 0.6) is 0 Å². The molecule has 1 aliphatic rings. The lowest BCUT2D eigenvalue weighted by molar-refractivity contribution is -0.127. The number of aryl methyl sites for hydroxylation is 1. The van der Waals surface area contributed by atoms with Crippen LogP contribution in [0.15, 0.2) is 41.4 Å². The monoisotopic (exact) mass is 431 g/mol. The fourth-order valence-corrected chi connectivity index (χ4v) is 4.63. The lowest BCUT2D eigenvalue weighted by Crippen LogP contribution is -2.34. The van der Waals surface area contributed by atoms with E-state index in [2.05, 4.69) is 48.5 Å². The van der Waals surface area contributed by atoms with Crippen molar-refractivity contribution in [2.24, 2.45) is 5.92 Å². The van der Waals surface area contributed by atoms with Gasteiger partial charge in [0.15, 0.2) is 0 Å². The Morgan fingerprint density at radius 1 is 1.30 bits per heavy atom. The van der Waals surface area contributed by atoms with Crippen LogP contribution in [0.4, 0.5) is 0 Å². The van der Waals surface area contributed by atoms with Gasteiger partial charge in [-0.05, 0) is 43.5 Å². The van der Waals surface area contributed by atoms with Crippen molar-refractivity contribution in [3.05, 3.63) is 47.8 Å². The third kappa shape index (κ3) is 5.86. The average molecular weight is 432 g/mol. The van der Waals surface area contributed by atoms with Crippen LogP contribution >= 0.6 is 11.8 Å². The summed E-state index contributed by atoms with van der Waals surface area (Å²) >= 11 is 1.84. The molecule has 1 aliphatic heterocycles. The predicted octanol–water partition coefficient (Wildman–Crippen LogP) is 4.38. The number of thioether (sulfide) groups is 1. The highest BCUT2D eigenvalue weighted by molar-refractivity contribution is 7.99. The number of hydrogen-bond donors (Lipinski definition) is 1. The van der Waals surface area contributed by atoms with Gasteiger partial charge < -0.3 is 14.8 Å². The quantitative estimate of drug-likeness (QED) is 0.447.